The van der Waals surface area contributed by atoms with Crippen molar-refractivity contribution >= 4 is 17.4 Å². The molecule has 0 atom stereocenters. The summed E-state index contributed by atoms with van der Waals surface area (Å²) in [6.07, 6.45) is 6.76. The predicted octanol–water partition coefficient (Wildman–Crippen LogP) is 4.21. The van der Waals surface area contributed by atoms with E-state index in [4.69, 9.17) is 4.42 Å². The Labute approximate surface area is 160 Å². The van der Waals surface area contributed by atoms with Crippen LogP contribution >= 0.6 is 0 Å². The van der Waals surface area contributed by atoms with Gasteiger partial charge in [-0.1, -0.05) is 13.8 Å². The summed E-state index contributed by atoms with van der Waals surface area (Å²) in [6.45, 7) is 5.79. The molecule has 142 valence electrons. The van der Waals surface area contributed by atoms with Crippen molar-refractivity contribution in [3.8, 4) is 11.3 Å². The molecule has 8 heteroatoms. The lowest BCUT2D eigenvalue weighted by atomic mass is 10.1. The maximum Gasteiger partial charge on any atom is 0.293 e. The van der Waals surface area contributed by atoms with Crippen LogP contribution in [0, 0.1) is 12.7 Å². The summed E-state index contributed by atoms with van der Waals surface area (Å²) in [5.74, 6) is 0.366. The van der Waals surface area contributed by atoms with Crippen molar-refractivity contribution in [3.63, 3.8) is 0 Å². The van der Waals surface area contributed by atoms with E-state index in [1.807, 2.05) is 6.20 Å². The number of halogens is 1. The van der Waals surface area contributed by atoms with Gasteiger partial charge >= 0.3 is 0 Å². The minimum atomic E-state index is -0.462. The lowest BCUT2D eigenvalue weighted by Crippen LogP contribution is -2.11. The molecule has 0 saturated heterocycles. The van der Waals surface area contributed by atoms with Gasteiger partial charge in [-0.3, -0.25) is 9.20 Å². The molecule has 1 aromatic carbocycles. The highest BCUT2D eigenvalue weighted by atomic mass is 19.1. The smallest absolute Gasteiger partial charge is 0.293 e. The second kappa shape index (κ2) is 6.88. The van der Waals surface area contributed by atoms with E-state index in [0.29, 0.717) is 29.0 Å². The molecular weight excluding hydrogens is 361 g/mol. The van der Waals surface area contributed by atoms with Gasteiger partial charge in [0.2, 0.25) is 11.5 Å². The minimum absolute atomic E-state index is 0.0847. The van der Waals surface area contributed by atoms with Crippen LogP contribution in [-0.4, -0.2) is 25.3 Å². The molecule has 3 heterocycles. The van der Waals surface area contributed by atoms with Gasteiger partial charge in [-0.2, -0.15) is 0 Å². The number of anilines is 1. The van der Waals surface area contributed by atoms with Crippen LogP contribution in [0.5, 0.6) is 0 Å². The van der Waals surface area contributed by atoms with Crippen molar-refractivity contribution in [1.29, 1.82) is 0 Å². The second-order valence-electron chi connectivity index (χ2n) is 6.77. The van der Waals surface area contributed by atoms with Gasteiger partial charge in [0.25, 0.3) is 5.91 Å². The number of rotatable bonds is 4. The zero-order valence-electron chi connectivity index (χ0n) is 15.6. The largest absolute Gasteiger partial charge is 0.436 e. The first-order valence-electron chi connectivity index (χ1n) is 8.79. The Morgan fingerprint density at radius 1 is 1.21 bits per heavy atom. The third-order valence-corrected chi connectivity index (χ3v) is 4.34. The van der Waals surface area contributed by atoms with Crippen molar-refractivity contribution in [1.82, 2.24) is 19.4 Å². The molecule has 0 bridgehead atoms. The van der Waals surface area contributed by atoms with Gasteiger partial charge in [-0.15, -0.1) is 0 Å². The lowest BCUT2D eigenvalue weighted by molar-refractivity contribution is 0.0995. The lowest BCUT2D eigenvalue weighted by Gasteiger charge is -2.06. The average molecular weight is 379 g/mol. The Morgan fingerprint density at radius 3 is 2.75 bits per heavy atom. The first kappa shape index (κ1) is 17.8. The molecule has 28 heavy (non-hydrogen) atoms. The van der Waals surface area contributed by atoms with Crippen LogP contribution in [0.2, 0.25) is 0 Å². The summed E-state index contributed by atoms with van der Waals surface area (Å²) in [6, 6.07) is 4.29. The number of hydrogen-bond donors (Lipinski definition) is 1. The van der Waals surface area contributed by atoms with Crippen molar-refractivity contribution in [3.05, 3.63) is 66.0 Å². The fourth-order valence-electron chi connectivity index (χ4n) is 2.79. The molecule has 0 spiro atoms. The molecule has 0 aliphatic carbocycles. The molecule has 0 saturated carbocycles. The van der Waals surface area contributed by atoms with E-state index in [-0.39, 0.29) is 11.3 Å². The number of nitrogens with zero attached hydrogens (tertiary/aromatic N) is 4. The number of imidazole rings is 1. The topological polar surface area (TPSA) is 85.3 Å². The van der Waals surface area contributed by atoms with Gasteiger partial charge in [-0.05, 0) is 29.7 Å². The normalized spacial score (nSPS) is 11.3. The first-order chi connectivity index (χ1) is 13.4. The molecule has 1 amide bonds. The summed E-state index contributed by atoms with van der Waals surface area (Å²) in [7, 11) is 0. The van der Waals surface area contributed by atoms with Crippen molar-refractivity contribution in [2.24, 2.45) is 0 Å². The summed E-state index contributed by atoms with van der Waals surface area (Å²) in [5, 5.41) is 2.68. The zero-order valence-corrected chi connectivity index (χ0v) is 15.6. The van der Waals surface area contributed by atoms with Crippen LogP contribution in [0.4, 0.5) is 10.1 Å². The Hall–Kier alpha value is -3.55. The molecule has 0 radical (unpaired) electrons. The van der Waals surface area contributed by atoms with E-state index >= 15 is 0 Å². The van der Waals surface area contributed by atoms with Crippen LogP contribution in [0.15, 0.2) is 47.4 Å². The molecule has 0 fully saturated rings. The highest BCUT2D eigenvalue weighted by Gasteiger charge is 2.15. The monoisotopic (exact) mass is 379 g/mol. The Bertz CT molecular complexity index is 1180. The van der Waals surface area contributed by atoms with E-state index in [1.54, 1.807) is 23.7 Å². The Kier molecular flexibility index (Phi) is 4.38. The molecular formula is C20H18FN5O2. The zero-order chi connectivity index (χ0) is 19.8. The number of oxazole rings is 1. The molecule has 4 aromatic rings. The first-order valence-corrected chi connectivity index (χ1v) is 8.79. The number of carbonyl (C=O) groups is 1. The summed E-state index contributed by atoms with van der Waals surface area (Å²) >= 11 is 0. The van der Waals surface area contributed by atoms with Gasteiger partial charge in [0.1, 0.15) is 5.82 Å². The number of fused-ring (bicyclic) bond motifs is 1. The number of nitrogens with one attached hydrogen (secondary N) is 1. The average Bonchev–Trinajstić information content (AvgIpc) is 3.28. The minimum Gasteiger partial charge on any atom is -0.436 e. The van der Waals surface area contributed by atoms with Crippen molar-refractivity contribution in [2.75, 3.05) is 5.32 Å². The van der Waals surface area contributed by atoms with E-state index in [9.17, 15) is 9.18 Å². The summed E-state index contributed by atoms with van der Waals surface area (Å²) in [5.41, 5.74) is 2.17. The van der Waals surface area contributed by atoms with E-state index < -0.39 is 11.7 Å². The molecule has 7 nitrogen and oxygen atoms in total. The molecule has 0 unspecified atom stereocenters. The SMILES string of the molecule is Cc1ncc(C(=O)Nc2ccc(F)c(-c3cn4cc(C(C)C)cnc4n3)c2)o1. The van der Waals surface area contributed by atoms with Gasteiger partial charge in [0, 0.05) is 36.8 Å². The maximum absolute atomic E-state index is 14.4. The maximum atomic E-state index is 14.4. The third-order valence-electron chi connectivity index (χ3n) is 4.34. The van der Waals surface area contributed by atoms with Crippen LogP contribution in [0.25, 0.3) is 17.0 Å². The molecule has 3 aromatic heterocycles. The Morgan fingerprint density at radius 2 is 2.04 bits per heavy atom. The number of hydrogen-bond acceptors (Lipinski definition) is 5. The molecule has 1 N–H and O–H groups in total. The van der Waals surface area contributed by atoms with E-state index in [1.165, 1.54) is 24.4 Å². The van der Waals surface area contributed by atoms with Crippen LogP contribution < -0.4 is 5.32 Å². The van der Waals surface area contributed by atoms with Crippen LogP contribution in [0.1, 0.15) is 41.8 Å². The van der Waals surface area contributed by atoms with Crippen molar-refractivity contribution in [2.45, 2.75) is 26.7 Å². The van der Waals surface area contributed by atoms with E-state index in [0.717, 1.165) is 5.56 Å². The Balaban J connectivity index is 1.67. The highest BCUT2D eigenvalue weighted by molar-refractivity contribution is 6.02. The number of benzene rings is 1. The van der Waals surface area contributed by atoms with Crippen LogP contribution in [-0.2, 0) is 0 Å². The molecule has 4 rings (SSSR count). The quantitative estimate of drug-likeness (QED) is 0.574. The second-order valence-corrected chi connectivity index (χ2v) is 6.77. The number of amides is 1. The fraction of sp³-hybridized carbons (Fsp3) is 0.200. The summed E-state index contributed by atoms with van der Waals surface area (Å²) in [4.78, 5) is 24.9. The van der Waals surface area contributed by atoms with Gasteiger partial charge in [0.15, 0.2) is 5.89 Å². The third kappa shape index (κ3) is 3.36. The molecule has 0 aliphatic rings. The number of aromatic nitrogens is 4. The van der Waals surface area contributed by atoms with Gasteiger partial charge < -0.3 is 9.73 Å². The van der Waals surface area contributed by atoms with Crippen LogP contribution in [0.3, 0.4) is 0 Å². The standard InChI is InChI=1S/C20H18FN5O2/c1-11(2)13-7-23-20-25-17(10-26(20)9-13)15-6-14(4-5-16(15)21)24-19(27)18-8-22-12(3)28-18/h4-11H,1-3H3,(H,24,27). The van der Waals surface area contributed by atoms with Gasteiger partial charge in [0.05, 0.1) is 11.9 Å². The summed E-state index contributed by atoms with van der Waals surface area (Å²) < 4.78 is 21.4. The fourth-order valence-corrected chi connectivity index (χ4v) is 2.79. The number of carbonyl (C=O) groups excluding carboxylic acids is 1. The predicted molar refractivity (Wildman–Crippen MR) is 102 cm³/mol. The highest BCUT2D eigenvalue weighted by Crippen LogP contribution is 2.26. The number of aryl methyl sites for hydroxylation is 1. The van der Waals surface area contributed by atoms with Crippen molar-refractivity contribution < 1.29 is 13.6 Å². The van der Waals surface area contributed by atoms with E-state index in [2.05, 4.69) is 34.1 Å². The molecule has 0 aliphatic heterocycles. The van der Waals surface area contributed by atoms with Gasteiger partial charge in [-0.25, -0.2) is 19.3 Å².